The summed E-state index contributed by atoms with van der Waals surface area (Å²) in [5.74, 6) is 1.30. The van der Waals surface area contributed by atoms with Crippen LogP contribution in [0.25, 0.3) is 0 Å². The molecule has 0 aromatic carbocycles. The molecular formula is C13H19ClN4O. The summed E-state index contributed by atoms with van der Waals surface area (Å²) in [5.41, 5.74) is 0. The molecule has 1 saturated heterocycles. The van der Waals surface area contributed by atoms with Gasteiger partial charge in [-0.05, 0) is 43.2 Å². The molecule has 1 saturated carbocycles. The number of hydrogen-bond acceptors (Lipinski definition) is 5. The van der Waals surface area contributed by atoms with Crippen LogP contribution in [0.4, 0.5) is 5.95 Å². The van der Waals surface area contributed by atoms with Crippen molar-refractivity contribution in [1.82, 2.24) is 15.0 Å². The first-order valence-corrected chi connectivity index (χ1v) is 7.48. The van der Waals surface area contributed by atoms with Crippen LogP contribution in [-0.4, -0.2) is 34.6 Å². The van der Waals surface area contributed by atoms with Gasteiger partial charge in [-0.15, -0.1) is 0 Å². The summed E-state index contributed by atoms with van der Waals surface area (Å²) in [4.78, 5) is 14.8. The molecule has 5 nitrogen and oxygen atoms in total. The molecule has 1 aliphatic heterocycles. The van der Waals surface area contributed by atoms with Crippen molar-refractivity contribution in [1.29, 1.82) is 0 Å². The summed E-state index contributed by atoms with van der Waals surface area (Å²) in [5, 5.41) is 0.221. The van der Waals surface area contributed by atoms with Crippen LogP contribution >= 0.6 is 11.6 Å². The molecule has 2 heterocycles. The number of hydrogen-bond donors (Lipinski definition) is 0. The van der Waals surface area contributed by atoms with E-state index in [1.54, 1.807) is 0 Å². The molecule has 0 atom stereocenters. The summed E-state index contributed by atoms with van der Waals surface area (Å²) in [6.07, 6.45) is 7.48. The fraction of sp³-hybridized carbons (Fsp3) is 0.769. The van der Waals surface area contributed by atoms with E-state index in [-0.39, 0.29) is 5.28 Å². The predicted octanol–water partition coefficient (Wildman–Crippen LogP) is 2.69. The summed E-state index contributed by atoms with van der Waals surface area (Å²) in [7, 11) is 0. The Morgan fingerprint density at radius 2 is 1.79 bits per heavy atom. The molecule has 19 heavy (non-hydrogen) atoms. The fourth-order valence-corrected chi connectivity index (χ4v) is 2.96. The number of aromatic nitrogens is 3. The van der Waals surface area contributed by atoms with E-state index in [1.807, 2.05) is 0 Å². The van der Waals surface area contributed by atoms with Gasteiger partial charge < -0.3 is 9.64 Å². The lowest BCUT2D eigenvalue weighted by atomic mass is 10.1. The zero-order valence-electron chi connectivity index (χ0n) is 11.0. The van der Waals surface area contributed by atoms with Gasteiger partial charge in [0.05, 0.1) is 6.61 Å². The van der Waals surface area contributed by atoms with Gasteiger partial charge in [0.25, 0.3) is 0 Å². The molecular weight excluding hydrogens is 264 g/mol. The molecule has 6 heteroatoms. The van der Waals surface area contributed by atoms with Crippen molar-refractivity contribution < 1.29 is 4.74 Å². The van der Waals surface area contributed by atoms with Gasteiger partial charge in [0.2, 0.25) is 11.2 Å². The number of halogens is 1. The van der Waals surface area contributed by atoms with E-state index in [9.17, 15) is 0 Å². The fourth-order valence-electron chi connectivity index (χ4n) is 2.81. The molecule has 1 aliphatic carbocycles. The molecule has 2 aliphatic rings. The number of anilines is 1. The predicted molar refractivity (Wildman–Crippen MR) is 73.7 cm³/mol. The third-order valence-corrected chi connectivity index (χ3v) is 4.06. The third-order valence-electron chi connectivity index (χ3n) is 3.89. The monoisotopic (exact) mass is 282 g/mol. The highest BCUT2D eigenvalue weighted by molar-refractivity contribution is 6.28. The van der Waals surface area contributed by atoms with Crippen molar-refractivity contribution in [2.24, 2.45) is 5.92 Å². The quantitative estimate of drug-likeness (QED) is 0.850. The summed E-state index contributed by atoms with van der Waals surface area (Å²) in [6, 6.07) is 0.369. The molecule has 3 rings (SSSR count). The highest BCUT2D eigenvalue weighted by Crippen LogP contribution is 2.25. The summed E-state index contributed by atoms with van der Waals surface area (Å²) >= 11 is 5.95. The van der Waals surface area contributed by atoms with Gasteiger partial charge in [0.1, 0.15) is 0 Å². The van der Waals surface area contributed by atoms with Crippen molar-refractivity contribution in [3.63, 3.8) is 0 Å². The number of ether oxygens (including phenoxy) is 1. The van der Waals surface area contributed by atoms with E-state index in [0.29, 0.717) is 24.5 Å². The lowest BCUT2D eigenvalue weighted by Gasteiger charge is -2.16. The van der Waals surface area contributed by atoms with Crippen molar-refractivity contribution in [2.75, 3.05) is 24.6 Å². The number of rotatable bonds is 4. The Morgan fingerprint density at radius 3 is 2.53 bits per heavy atom. The maximum absolute atomic E-state index is 5.95. The molecule has 2 fully saturated rings. The van der Waals surface area contributed by atoms with Crippen LogP contribution < -0.4 is 9.64 Å². The second kappa shape index (κ2) is 5.90. The van der Waals surface area contributed by atoms with Gasteiger partial charge in [-0.3, -0.25) is 0 Å². The Balaban J connectivity index is 1.66. The van der Waals surface area contributed by atoms with Gasteiger partial charge in [-0.1, -0.05) is 12.8 Å². The van der Waals surface area contributed by atoms with Crippen LogP contribution in [-0.2, 0) is 0 Å². The highest BCUT2D eigenvalue weighted by atomic mass is 35.5. The van der Waals surface area contributed by atoms with E-state index >= 15 is 0 Å². The van der Waals surface area contributed by atoms with Gasteiger partial charge in [-0.25, -0.2) is 0 Å². The van der Waals surface area contributed by atoms with E-state index < -0.39 is 0 Å². The zero-order chi connectivity index (χ0) is 13.1. The van der Waals surface area contributed by atoms with Crippen LogP contribution in [0.2, 0.25) is 5.28 Å². The molecule has 0 radical (unpaired) electrons. The minimum Gasteiger partial charge on any atom is -0.463 e. The van der Waals surface area contributed by atoms with E-state index in [1.165, 1.54) is 38.5 Å². The van der Waals surface area contributed by atoms with Crippen LogP contribution in [0.15, 0.2) is 0 Å². The lowest BCUT2D eigenvalue weighted by Crippen LogP contribution is -2.21. The van der Waals surface area contributed by atoms with Crippen molar-refractivity contribution in [3.05, 3.63) is 5.28 Å². The second-order valence-electron chi connectivity index (χ2n) is 5.34. The normalized spacial score (nSPS) is 20.2. The minimum atomic E-state index is 0.221. The molecule has 0 N–H and O–H groups in total. The van der Waals surface area contributed by atoms with Crippen molar-refractivity contribution in [2.45, 2.75) is 38.5 Å². The van der Waals surface area contributed by atoms with Gasteiger partial charge in [0.15, 0.2) is 0 Å². The third kappa shape index (κ3) is 3.26. The molecule has 0 bridgehead atoms. The Bertz CT molecular complexity index is 431. The van der Waals surface area contributed by atoms with Crippen LogP contribution in [0.3, 0.4) is 0 Å². The molecule has 1 aromatic rings. The number of nitrogens with zero attached hydrogens (tertiary/aromatic N) is 4. The largest absolute Gasteiger partial charge is 0.463 e. The smallest absolute Gasteiger partial charge is 0.322 e. The van der Waals surface area contributed by atoms with Crippen LogP contribution in [0.1, 0.15) is 38.5 Å². The Kier molecular flexibility index (Phi) is 4.01. The minimum absolute atomic E-state index is 0.221. The molecule has 0 amide bonds. The van der Waals surface area contributed by atoms with Gasteiger partial charge >= 0.3 is 6.01 Å². The molecule has 1 aromatic heterocycles. The van der Waals surface area contributed by atoms with Gasteiger partial charge in [0, 0.05) is 13.1 Å². The second-order valence-corrected chi connectivity index (χ2v) is 5.68. The maximum Gasteiger partial charge on any atom is 0.322 e. The Hall–Kier alpha value is -1.10. The van der Waals surface area contributed by atoms with Crippen LogP contribution in [0, 0.1) is 5.92 Å². The topological polar surface area (TPSA) is 51.1 Å². The Morgan fingerprint density at radius 1 is 1.05 bits per heavy atom. The first-order valence-electron chi connectivity index (χ1n) is 7.10. The van der Waals surface area contributed by atoms with Gasteiger partial charge in [-0.2, -0.15) is 15.0 Å². The molecule has 0 unspecified atom stereocenters. The zero-order valence-corrected chi connectivity index (χ0v) is 11.8. The standard InChI is InChI=1S/C13H19ClN4O/c14-11-15-12(18-7-3-4-8-18)17-13(16-11)19-9-10-5-1-2-6-10/h10H,1-9H2. The lowest BCUT2D eigenvalue weighted by molar-refractivity contribution is 0.233. The summed E-state index contributed by atoms with van der Waals surface area (Å²) < 4.78 is 5.70. The average Bonchev–Trinajstić information content (AvgIpc) is 3.09. The Labute approximate surface area is 118 Å². The first-order chi connectivity index (χ1) is 9.31. The van der Waals surface area contributed by atoms with Crippen molar-refractivity contribution in [3.8, 4) is 6.01 Å². The van der Waals surface area contributed by atoms with Crippen molar-refractivity contribution >= 4 is 17.5 Å². The summed E-state index contributed by atoms with van der Waals surface area (Å²) in [6.45, 7) is 2.67. The van der Waals surface area contributed by atoms with Crippen LogP contribution in [0.5, 0.6) is 6.01 Å². The van der Waals surface area contributed by atoms with E-state index in [4.69, 9.17) is 16.3 Å². The SMILES string of the molecule is Clc1nc(OCC2CCCC2)nc(N2CCCC2)n1. The maximum atomic E-state index is 5.95. The van der Waals surface area contributed by atoms with E-state index in [2.05, 4.69) is 19.9 Å². The first kappa shape index (κ1) is 12.9. The average molecular weight is 283 g/mol. The molecule has 104 valence electrons. The van der Waals surface area contributed by atoms with E-state index in [0.717, 1.165) is 13.1 Å². The molecule has 0 spiro atoms. The highest BCUT2D eigenvalue weighted by Gasteiger charge is 2.19.